The van der Waals surface area contributed by atoms with E-state index in [0.29, 0.717) is 4.99 Å². The first-order valence-electron chi connectivity index (χ1n) is 5.66. The van der Waals surface area contributed by atoms with Gasteiger partial charge >= 0.3 is 0 Å². The highest BCUT2D eigenvalue weighted by Crippen LogP contribution is 2.23. The molecule has 0 unspecified atom stereocenters. The molecule has 0 aliphatic rings. The van der Waals surface area contributed by atoms with E-state index in [0.717, 1.165) is 28.1 Å². The van der Waals surface area contributed by atoms with Crippen LogP contribution in [0.2, 0.25) is 0 Å². The number of hydrogen-bond acceptors (Lipinski definition) is 3. The number of pyridine rings is 1. The first kappa shape index (κ1) is 12.5. The van der Waals surface area contributed by atoms with Gasteiger partial charge in [-0.15, -0.1) is 0 Å². The van der Waals surface area contributed by atoms with E-state index in [2.05, 4.69) is 10.3 Å². The second-order valence-corrected chi connectivity index (χ2v) is 4.67. The molecule has 0 saturated carbocycles. The zero-order chi connectivity index (χ0) is 13.1. The van der Waals surface area contributed by atoms with Crippen molar-refractivity contribution in [2.45, 2.75) is 13.8 Å². The van der Waals surface area contributed by atoms with Gasteiger partial charge in [0.2, 0.25) is 0 Å². The largest absolute Gasteiger partial charge is 0.389 e. The van der Waals surface area contributed by atoms with Crippen LogP contribution in [0.5, 0.6) is 0 Å². The molecule has 0 fully saturated rings. The molecule has 0 saturated heterocycles. The molecule has 0 atom stereocenters. The number of anilines is 2. The Morgan fingerprint density at radius 3 is 2.67 bits per heavy atom. The van der Waals surface area contributed by atoms with Gasteiger partial charge in [-0.25, -0.2) is 0 Å². The van der Waals surface area contributed by atoms with Gasteiger partial charge in [-0.3, -0.25) is 4.98 Å². The summed E-state index contributed by atoms with van der Waals surface area (Å²) < 4.78 is 0. The van der Waals surface area contributed by atoms with E-state index in [1.165, 1.54) is 0 Å². The lowest BCUT2D eigenvalue weighted by Crippen LogP contribution is -2.12. The molecule has 3 nitrogen and oxygen atoms in total. The van der Waals surface area contributed by atoms with Gasteiger partial charge in [0.05, 0.1) is 11.9 Å². The Balaban J connectivity index is 2.42. The molecular formula is C14H15N3S. The van der Waals surface area contributed by atoms with Crippen molar-refractivity contribution < 1.29 is 0 Å². The zero-order valence-corrected chi connectivity index (χ0v) is 11.2. The van der Waals surface area contributed by atoms with Crippen molar-refractivity contribution in [3.8, 4) is 0 Å². The first-order chi connectivity index (χ1) is 8.58. The monoisotopic (exact) mass is 257 g/mol. The molecule has 1 aromatic heterocycles. The summed E-state index contributed by atoms with van der Waals surface area (Å²) in [6.45, 7) is 4.06. The van der Waals surface area contributed by atoms with Crippen LogP contribution in [0.3, 0.4) is 0 Å². The van der Waals surface area contributed by atoms with Crippen LogP contribution >= 0.6 is 12.2 Å². The fourth-order valence-electron chi connectivity index (χ4n) is 1.72. The van der Waals surface area contributed by atoms with Crippen molar-refractivity contribution in [1.82, 2.24) is 4.98 Å². The SMILES string of the molecule is Cc1ccc(C(N)=S)c(Nc2cnccc2C)c1. The lowest BCUT2D eigenvalue weighted by atomic mass is 10.1. The van der Waals surface area contributed by atoms with Crippen LogP contribution in [0.15, 0.2) is 36.7 Å². The molecular weight excluding hydrogens is 242 g/mol. The summed E-state index contributed by atoms with van der Waals surface area (Å²) in [5.41, 5.74) is 10.7. The van der Waals surface area contributed by atoms with Crippen LogP contribution in [-0.2, 0) is 0 Å². The third-order valence-electron chi connectivity index (χ3n) is 2.75. The van der Waals surface area contributed by atoms with Crippen LogP contribution in [0.1, 0.15) is 16.7 Å². The summed E-state index contributed by atoms with van der Waals surface area (Å²) in [4.78, 5) is 4.50. The van der Waals surface area contributed by atoms with Gasteiger partial charge in [0.1, 0.15) is 4.99 Å². The van der Waals surface area contributed by atoms with Crippen LogP contribution in [-0.4, -0.2) is 9.97 Å². The van der Waals surface area contributed by atoms with E-state index in [-0.39, 0.29) is 0 Å². The van der Waals surface area contributed by atoms with E-state index < -0.39 is 0 Å². The van der Waals surface area contributed by atoms with Gasteiger partial charge in [-0.2, -0.15) is 0 Å². The standard InChI is InChI=1S/C14H15N3S/c1-9-3-4-11(14(15)18)12(7-9)17-13-8-16-6-5-10(13)2/h3-8,17H,1-2H3,(H2,15,18). The van der Waals surface area contributed by atoms with Crippen LogP contribution in [0, 0.1) is 13.8 Å². The van der Waals surface area contributed by atoms with Gasteiger partial charge in [0, 0.05) is 17.4 Å². The van der Waals surface area contributed by atoms with Gasteiger partial charge in [-0.1, -0.05) is 18.3 Å². The molecule has 0 aliphatic heterocycles. The first-order valence-corrected chi connectivity index (χ1v) is 6.07. The predicted octanol–water partition coefficient (Wildman–Crippen LogP) is 3.08. The van der Waals surface area contributed by atoms with Crippen LogP contribution < -0.4 is 11.1 Å². The maximum atomic E-state index is 5.73. The Hall–Kier alpha value is -1.94. The minimum absolute atomic E-state index is 0.388. The average molecular weight is 257 g/mol. The summed E-state index contributed by atoms with van der Waals surface area (Å²) in [7, 11) is 0. The normalized spacial score (nSPS) is 10.1. The number of nitrogens with one attached hydrogen (secondary N) is 1. The van der Waals surface area contributed by atoms with E-state index in [9.17, 15) is 0 Å². The second kappa shape index (κ2) is 5.14. The minimum atomic E-state index is 0.388. The molecule has 1 aromatic carbocycles. The molecule has 18 heavy (non-hydrogen) atoms. The molecule has 3 N–H and O–H groups in total. The zero-order valence-electron chi connectivity index (χ0n) is 10.4. The van der Waals surface area contributed by atoms with E-state index >= 15 is 0 Å². The smallest absolute Gasteiger partial charge is 0.106 e. The minimum Gasteiger partial charge on any atom is -0.389 e. The number of nitrogens with zero attached hydrogens (tertiary/aromatic N) is 1. The quantitative estimate of drug-likeness (QED) is 0.830. The Bertz CT molecular complexity index is 593. The van der Waals surface area contributed by atoms with Gasteiger partial charge in [0.15, 0.2) is 0 Å². The number of aryl methyl sites for hydroxylation is 2. The van der Waals surface area contributed by atoms with Crippen molar-refractivity contribution in [3.05, 3.63) is 53.3 Å². The summed E-state index contributed by atoms with van der Waals surface area (Å²) >= 11 is 5.06. The fraction of sp³-hybridized carbons (Fsp3) is 0.143. The highest BCUT2D eigenvalue weighted by atomic mass is 32.1. The van der Waals surface area contributed by atoms with E-state index in [4.69, 9.17) is 18.0 Å². The number of thiocarbonyl (C=S) groups is 1. The lowest BCUT2D eigenvalue weighted by Gasteiger charge is -2.13. The molecule has 0 spiro atoms. The molecule has 4 heteroatoms. The van der Waals surface area contributed by atoms with Gasteiger partial charge < -0.3 is 11.1 Å². The maximum Gasteiger partial charge on any atom is 0.106 e. The van der Waals surface area contributed by atoms with Crippen molar-refractivity contribution in [2.75, 3.05) is 5.32 Å². The molecule has 1 heterocycles. The molecule has 2 rings (SSSR count). The Kier molecular flexibility index (Phi) is 3.58. The summed E-state index contributed by atoms with van der Waals surface area (Å²) in [6, 6.07) is 7.92. The molecule has 92 valence electrons. The van der Waals surface area contributed by atoms with E-state index in [1.54, 1.807) is 12.4 Å². The topological polar surface area (TPSA) is 50.9 Å². The molecule has 0 radical (unpaired) electrons. The van der Waals surface area contributed by atoms with Crippen molar-refractivity contribution in [2.24, 2.45) is 5.73 Å². The van der Waals surface area contributed by atoms with E-state index in [1.807, 2.05) is 38.1 Å². The highest BCUT2D eigenvalue weighted by Gasteiger charge is 2.07. The van der Waals surface area contributed by atoms with Crippen molar-refractivity contribution in [1.29, 1.82) is 0 Å². The predicted molar refractivity (Wildman–Crippen MR) is 79.3 cm³/mol. The number of nitrogens with two attached hydrogens (primary N) is 1. The summed E-state index contributed by atoms with van der Waals surface area (Å²) in [5.74, 6) is 0. The third-order valence-corrected chi connectivity index (χ3v) is 2.97. The summed E-state index contributed by atoms with van der Waals surface area (Å²) in [6.07, 6.45) is 3.56. The number of benzene rings is 1. The van der Waals surface area contributed by atoms with Crippen molar-refractivity contribution >= 4 is 28.6 Å². The van der Waals surface area contributed by atoms with Crippen molar-refractivity contribution in [3.63, 3.8) is 0 Å². The third kappa shape index (κ3) is 2.65. The molecule has 2 aromatic rings. The van der Waals surface area contributed by atoms with Crippen LogP contribution in [0.25, 0.3) is 0 Å². The second-order valence-electron chi connectivity index (χ2n) is 4.23. The Morgan fingerprint density at radius 2 is 2.00 bits per heavy atom. The Labute approximate surface area is 112 Å². The van der Waals surface area contributed by atoms with Gasteiger partial charge in [0.25, 0.3) is 0 Å². The molecule has 0 aliphatic carbocycles. The molecule has 0 amide bonds. The van der Waals surface area contributed by atoms with Crippen LogP contribution in [0.4, 0.5) is 11.4 Å². The van der Waals surface area contributed by atoms with Gasteiger partial charge in [-0.05, 0) is 43.2 Å². The Morgan fingerprint density at radius 1 is 1.22 bits per heavy atom. The number of aromatic nitrogens is 1. The number of hydrogen-bond donors (Lipinski definition) is 2. The average Bonchev–Trinajstić information content (AvgIpc) is 2.32. The summed E-state index contributed by atoms with van der Waals surface area (Å²) in [5, 5.41) is 3.33. The molecule has 0 bridgehead atoms. The lowest BCUT2D eigenvalue weighted by molar-refractivity contribution is 1.28. The highest BCUT2D eigenvalue weighted by molar-refractivity contribution is 7.80. The maximum absolute atomic E-state index is 5.73. The number of rotatable bonds is 3. The fourth-order valence-corrected chi connectivity index (χ4v) is 1.89.